The largest absolute Gasteiger partial charge is 0.338 e. The lowest BCUT2D eigenvalue weighted by molar-refractivity contribution is 0.0756. The molecule has 16 heavy (non-hydrogen) atoms. The molecule has 0 aromatic heterocycles. The summed E-state index contributed by atoms with van der Waals surface area (Å²) in [7, 11) is 1.78. The molecule has 0 aliphatic heterocycles. The standard InChI is InChI=1S/C13H18ClNO/c1-9-5-10(2)7-12(6-9)13(16)15(4)11(3)8-14/h5-7,11H,8H2,1-4H3. The number of aryl methyl sites for hydroxylation is 2. The van der Waals surface area contributed by atoms with Crippen LogP contribution in [0.25, 0.3) is 0 Å². The summed E-state index contributed by atoms with van der Waals surface area (Å²) >= 11 is 5.75. The summed E-state index contributed by atoms with van der Waals surface area (Å²) in [5, 5.41) is 0. The summed E-state index contributed by atoms with van der Waals surface area (Å²) in [4.78, 5) is 13.8. The van der Waals surface area contributed by atoms with Crippen molar-refractivity contribution in [3.63, 3.8) is 0 Å². The van der Waals surface area contributed by atoms with Crippen molar-refractivity contribution in [3.05, 3.63) is 34.9 Å². The van der Waals surface area contributed by atoms with Gasteiger partial charge in [0.2, 0.25) is 0 Å². The monoisotopic (exact) mass is 239 g/mol. The van der Waals surface area contributed by atoms with E-state index in [0.29, 0.717) is 5.88 Å². The van der Waals surface area contributed by atoms with Gasteiger partial charge in [-0.05, 0) is 32.9 Å². The van der Waals surface area contributed by atoms with Crippen molar-refractivity contribution in [1.82, 2.24) is 4.90 Å². The molecule has 0 saturated heterocycles. The van der Waals surface area contributed by atoms with E-state index in [2.05, 4.69) is 6.07 Å². The smallest absolute Gasteiger partial charge is 0.253 e. The number of benzene rings is 1. The molecule has 0 spiro atoms. The number of halogens is 1. The van der Waals surface area contributed by atoms with E-state index < -0.39 is 0 Å². The van der Waals surface area contributed by atoms with Crippen molar-refractivity contribution in [2.45, 2.75) is 26.8 Å². The van der Waals surface area contributed by atoms with E-state index in [4.69, 9.17) is 11.6 Å². The van der Waals surface area contributed by atoms with Crippen LogP contribution in [0.2, 0.25) is 0 Å². The highest BCUT2D eigenvalue weighted by Crippen LogP contribution is 2.12. The topological polar surface area (TPSA) is 20.3 Å². The maximum atomic E-state index is 12.1. The van der Waals surface area contributed by atoms with Crippen LogP contribution < -0.4 is 0 Å². The number of hydrogen-bond acceptors (Lipinski definition) is 1. The van der Waals surface area contributed by atoms with Gasteiger partial charge in [-0.15, -0.1) is 11.6 Å². The molecule has 0 aliphatic rings. The average Bonchev–Trinajstić information content (AvgIpc) is 2.24. The Morgan fingerprint density at radius 2 is 1.81 bits per heavy atom. The van der Waals surface area contributed by atoms with Crippen molar-refractivity contribution >= 4 is 17.5 Å². The van der Waals surface area contributed by atoms with Gasteiger partial charge in [-0.1, -0.05) is 17.2 Å². The quantitative estimate of drug-likeness (QED) is 0.743. The maximum Gasteiger partial charge on any atom is 0.253 e. The van der Waals surface area contributed by atoms with Crippen molar-refractivity contribution in [3.8, 4) is 0 Å². The van der Waals surface area contributed by atoms with Crippen LogP contribution in [0, 0.1) is 13.8 Å². The van der Waals surface area contributed by atoms with Crippen LogP contribution in [0.5, 0.6) is 0 Å². The number of alkyl halides is 1. The van der Waals surface area contributed by atoms with Crippen LogP contribution >= 0.6 is 11.6 Å². The van der Waals surface area contributed by atoms with Crippen LogP contribution in [-0.4, -0.2) is 29.8 Å². The third kappa shape index (κ3) is 2.99. The second kappa shape index (κ2) is 5.35. The lowest BCUT2D eigenvalue weighted by Gasteiger charge is -2.23. The average molecular weight is 240 g/mol. The van der Waals surface area contributed by atoms with Gasteiger partial charge in [0, 0.05) is 24.5 Å². The Hall–Kier alpha value is -1.02. The number of amides is 1. The van der Waals surface area contributed by atoms with Crippen molar-refractivity contribution in [2.24, 2.45) is 0 Å². The molecule has 2 nitrogen and oxygen atoms in total. The highest BCUT2D eigenvalue weighted by atomic mass is 35.5. The molecule has 0 saturated carbocycles. The minimum absolute atomic E-state index is 0.0277. The summed E-state index contributed by atoms with van der Waals surface area (Å²) in [5.41, 5.74) is 2.95. The molecule has 0 N–H and O–H groups in total. The van der Waals surface area contributed by atoms with E-state index in [1.807, 2.05) is 32.9 Å². The van der Waals surface area contributed by atoms with E-state index in [9.17, 15) is 4.79 Å². The van der Waals surface area contributed by atoms with E-state index in [1.165, 1.54) is 0 Å². The third-order valence-electron chi connectivity index (χ3n) is 2.67. The number of hydrogen-bond donors (Lipinski definition) is 0. The second-order valence-corrected chi connectivity index (χ2v) is 4.60. The van der Waals surface area contributed by atoms with E-state index in [0.717, 1.165) is 16.7 Å². The maximum absolute atomic E-state index is 12.1. The molecule has 1 amide bonds. The molecule has 3 heteroatoms. The molecule has 0 radical (unpaired) electrons. The Balaban J connectivity index is 2.96. The molecular formula is C13H18ClNO. The van der Waals surface area contributed by atoms with Gasteiger partial charge in [-0.3, -0.25) is 4.79 Å². The van der Waals surface area contributed by atoms with Gasteiger partial charge in [0.05, 0.1) is 0 Å². The zero-order chi connectivity index (χ0) is 12.3. The van der Waals surface area contributed by atoms with Crippen LogP contribution in [-0.2, 0) is 0 Å². The minimum atomic E-state index is 0.0277. The molecule has 1 rings (SSSR count). The Kier molecular flexibility index (Phi) is 4.36. The van der Waals surface area contributed by atoms with Gasteiger partial charge >= 0.3 is 0 Å². The zero-order valence-corrected chi connectivity index (χ0v) is 11.0. The van der Waals surface area contributed by atoms with E-state index in [1.54, 1.807) is 11.9 Å². The highest BCUT2D eigenvalue weighted by Gasteiger charge is 2.16. The Morgan fingerprint density at radius 1 is 1.31 bits per heavy atom. The van der Waals surface area contributed by atoms with Gasteiger partial charge in [0.1, 0.15) is 0 Å². The summed E-state index contributed by atoms with van der Waals surface area (Å²) in [6.07, 6.45) is 0. The van der Waals surface area contributed by atoms with Gasteiger partial charge < -0.3 is 4.90 Å². The van der Waals surface area contributed by atoms with Crippen LogP contribution in [0.1, 0.15) is 28.4 Å². The van der Waals surface area contributed by atoms with Crippen molar-refractivity contribution in [1.29, 1.82) is 0 Å². The Bertz CT molecular complexity index is 369. The Labute approximate surface area is 102 Å². The molecule has 1 aromatic carbocycles. The SMILES string of the molecule is Cc1cc(C)cc(C(=O)N(C)C(C)CCl)c1. The molecule has 1 aromatic rings. The predicted molar refractivity (Wildman–Crippen MR) is 68.2 cm³/mol. The lowest BCUT2D eigenvalue weighted by Crippen LogP contribution is -2.36. The van der Waals surface area contributed by atoms with Crippen LogP contribution in [0.4, 0.5) is 0 Å². The first kappa shape index (κ1) is 13.0. The third-order valence-corrected chi connectivity index (χ3v) is 3.12. The number of rotatable bonds is 3. The first-order chi connectivity index (χ1) is 7.45. The van der Waals surface area contributed by atoms with E-state index in [-0.39, 0.29) is 11.9 Å². The molecule has 1 atom stereocenters. The molecule has 0 bridgehead atoms. The summed E-state index contributed by atoms with van der Waals surface area (Å²) in [6, 6.07) is 5.93. The van der Waals surface area contributed by atoms with Crippen LogP contribution in [0.15, 0.2) is 18.2 Å². The first-order valence-corrected chi connectivity index (χ1v) is 5.90. The fraction of sp³-hybridized carbons (Fsp3) is 0.462. The number of carbonyl (C=O) groups is 1. The summed E-state index contributed by atoms with van der Waals surface area (Å²) in [6.45, 7) is 5.93. The molecule has 0 aliphatic carbocycles. The predicted octanol–water partition coefficient (Wildman–Crippen LogP) is 3.00. The van der Waals surface area contributed by atoms with Crippen molar-refractivity contribution < 1.29 is 4.79 Å². The fourth-order valence-corrected chi connectivity index (χ4v) is 1.81. The van der Waals surface area contributed by atoms with E-state index >= 15 is 0 Å². The van der Waals surface area contributed by atoms with Crippen molar-refractivity contribution in [2.75, 3.05) is 12.9 Å². The molecule has 1 unspecified atom stereocenters. The normalized spacial score (nSPS) is 12.3. The zero-order valence-electron chi connectivity index (χ0n) is 10.2. The Morgan fingerprint density at radius 3 is 2.25 bits per heavy atom. The first-order valence-electron chi connectivity index (χ1n) is 5.37. The number of carbonyl (C=O) groups excluding carboxylic acids is 1. The van der Waals surface area contributed by atoms with Gasteiger partial charge in [0.25, 0.3) is 5.91 Å². The number of nitrogens with zero attached hydrogens (tertiary/aromatic N) is 1. The van der Waals surface area contributed by atoms with Crippen LogP contribution in [0.3, 0.4) is 0 Å². The van der Waals surface area contributed by atoms with Gasteiger partial charge in [-0.2, -0.15) is 0 Å². The second-order valence-electron chi connectivity index (χ2n) is 4.30. The molecule has 88 valence electrons. The fourth-order valence-electron chi connectivity index (χ4n) is 1.61. The lowest BCUT2D eigenvalue weighted by atomic mass is 10.1. The molecule has 0 heterocycles. The summed E-state index contributed by atoms with van der Waals surface area (Å²) < 4.78 is 0. The molecule has 0 fully saturated rings. The van der Waals surface area contributed by atoms with Gasteiger partial charge in [0.15, 0.2) is 0 Å². The molecular weight excluding hydrogens is 222 g/mol. The minimum Gasteiger partial charge on any atom is -0.338 e. The van der Waals surface area contributed by atoms with Gasteiger partial charge in [-0.25, -0.2) is 0 Å². The highest BCUT2D eigenvalue weighted by molar-refractivity contribution is 6.18. The summed E-state index contributed by atoms with van der Waals surface area (Å²) in [5.74, 6) is 0.479.